The summed E-state index contributed by atoms with van der Waals surface area (Å²) in [5.74, 6) is -0.181. The Morgan fingerprint density at radius 1 is 1.04 bits per heavy atom. The van der Waals surface area contributed by atoms with Gasteiger partial charge in [-0.25, -0.2) is 14.6 Å². The molecule has 7 nitrogen and oxygen atoms in total. The fraction of sp³-hybridized carbons (Fsp3) is 0.312. The third-order valence-corrected chi connectivity index (χ3v) is 3.27. The number of pyridine rings is 1. The second kappa shape index (κ2) is 6.12. The van der Waals surface area contributed by atoms with Crippen molar-refractivity contribution >= 4 is 22.8 Å². The number of benzene rings is 1. The van der Waals surface area contributed by atoms with E-state index >= 15 is 0 Å². The number of hydrogen-bond donors (Lipinski definition) is 0. The molecule has 1 aliphatic heterocycles. The zero-order valence-corrected chi connectivity index (χ0v) is 12.8. The van der Waals surface area contributed by atoms with Crippen LogP contribution in [-0.2, 0) is 9.47 Å². The first-order chi connectivity index (χ1) is 11.1. The van der Waals surface area contributed by atoms with Gasteiger partial charge in [-0.3, -0.25) is 0 Å². The van der Waals surface area contributed by atoms with E-state index in [9.17, 15) is 9.59 Å². The van der Waals surface area contributed by atoms with E-state index in [4.69, 9.17) is 18.9 Å². The smallest absolute Gasteiger partial charge is 0.357 e. The van der Waals surface area contributed by atoms with Gasteiger partial charge in [-0.2, -0.15) is 0 Å². The number of aromatic nitrogens is 1. The molecule has 7 heteroatoms. The van der Waals surface area contributed by atoms with Crippen LogP contribution < -0.4 is 9.47 Å². The van der Waals surface area contributed by atoms with Gasteiger partial charge in [-0.15, -0.1) is 0 Å². The van der Waals surface area contributed by atoms with Gasteiger partial charge in [-0.05, 0) is 26.0 Å². The van der Waals surface area contributed by atoms with Crippen molar-refractivity contribution in [2.24, 2.45) is 0 Å². The molecular weight excluding hydrogens is 302 g/mol. The predicted octanol–water partition coefficient (Wildman–Crippen LogP) is 2.32. The first kappa shape index (κ1) is 15.1. The van der Waals surface area contributed by atoms with Crippen molar-refractivity contribution < 1.29 is 28.5 Å². The molecule has 3 rings (SSSR count). The number of ether oxygens (including phenoxy) is 4. The lowest BCUT2D eigenvalue weighted by atomic mass is 10.1. The molecule has 1 aliphatic rings. The van der Waals surface area contributed by atoms with Gasteiger partial charge in [0.25, 0.3) is 0 Å². The molecule has 0 N–H and O–H groups in total. The SMILES string of the molecule is CCOC(=O)c1cc2cc3c(cc2nc1C(=O)OCC)OCO3. The molecule has 2 heterocycles. The Labute approximate surface area is 132 Å². The Bertz CT molecular complexity index is 721. The van der Waals surface area contributed by atoms with Crippen molar-refractivity contribution in [3.05, 3.63) is 29.5 Å². The molecule has 2 aromatic rings. The molecule has 0 atom stereocenters. The average Bonchev–Trinajstić information content (AvgIpc) is 2.99. The van der Waals surface area contributed by atoms with Crippen LogP contribution in [0.4, 0.5) is 0 Å². The fourth-order valence-corrected chi connectivity index (χ4v) is 2.28. The predicted molar refractivity (Wildman–Crippen MR) is 79.8 cm³/mol. The minimum atomic E-state index is -0.671. The van der Waals surface area contributed by atoms with Crippen LogP contribution in [0.1, 0.15) is 34.7 Å². The van der Waals surface area contributed by atoms with E-state index in [0.29, 0.717) is 22.4 Å². The van der Waals surface area contributed by atoms with Crippen molar-refractivity contribution in [3.8, 4) is 11.5 Å². The minimum Gasteiger partial charge on any atom is -0.462 e. The molecule has 1 aromatic heterocycles. The molecule has 0 bridgehead atoms. The van der Waals surface area contributed by atoms with Crippen LogP contribution in [0.15, 0.2) is 18.2 Å². The number of carbonyl (C=O) groups excluding carboxylic acids is 2. The molecule has 0 saturated heterocycles. The van der Waals surface area contributed by atoms with Gasteiger partial charge in [0.05, 0.1) is 24.3 Å². The van der Waals surface area contributed by atoms with Gasteiger partial charge >= 0.3 is 11.9 Å². The van der Waals surface area contributed by atoms with E-state index in [1.54, 1.807) is 32.0 Å². The van der Waals surface area contributed by atoms with Gasteiger partial charge in [0.1, 0.15) is 0 Å². The normalized spacial score (nSPS) is 12.3. The van der Waals surface area contributed by atoms with Gasteiger partial charge in [-0.1, -0.05) is 0 Å². The lowest BCUT2D eigenvalue weighted by molar-refractivity contribution is 0.0474. The molecule has 0 saturated carbocycles. The second-order valence-corrected chi connectivity index (χ2v) is 4.72. The molecular formula is C16H15NO6. The summed E-state index contributed by atoms with van der Waals surface area (Å²) in [6, 6.07) is 4.92. The zero-order valence-electron chi connectivity index (χ0n) is 12.8. The Hall–Kier alpha value is -2.83. The highest BCUT2D eigenvalue weighted by Crippen LogP contribution is 2.36. The van der Waals surface area contributed by atoms with Crippen molar-refractivity contribution in [3.63, 3.8) is 0 Å². The Balaban J connectivity index is 2.16. The summed E-state index contributed by atoms with van der Waals surface area (Å²) in [7, 11) is 0. The highest BCUT2D eigenvalue weighted by Gasteiger charge is 2.24. The van der Waals surface area contributed by atoms with Crippen molar-refractivity contribution in [1.82, 2.24) is 4.98 Å². The van der Waals surface area contributed by atoms with Crippen LogP contribution in [0, 0.1) is 0 Å². The van der Waals surface area contributed by atoms with Crippen LogP contribution >= 0.6 is 0 Å². The van der Waals surface area contributed by atoms with Gasteiger partial charge in [0, 0.05) is 11.5 Å². The summed E-state index contributed by atoms with van der Waals surface area (Å²) >= 11 is 0. The zero-order chi connectivity index (χ0) is 16.4. The van der Waals surface area contributed by atoms with Crippen molar-refractivity contribution in [2.75, 3.05) is 20.0 Å². The van der Waals surface area contributed by atoms with E-state index in [1.165, 1.54) is 0 Å². The van der Waals surface area contributed by atoms with Crippen molar-refractivity contribution in [1.29, 1.82) is 0 Å². The maximum Gasteiger partial charge on any atom is 0.357 e. The summed E-state index contributed by atoms with van der Waals surface area (Å²) in [6.07, 6.45) is 0. The number of fused-ring (bicyclic) bond motifs is 2. The summed E-state index contributed by atoms with van der Waals surface area (Å²) in [5.41, 5.74) is 0.499. The molecule has 23 heavy (non-hydrogen) atoms. The molecule has 0 aliphatic carbocycles. The van der Waals surface area contributed by atoms with E-state index < -0.39 is 11.9 Å². The number of esters is 2. The molecule has 0 radical (unpaired) electrons. The average molecular weight is 317 g/mol. The van der Waals surface area contributed by atoms with Crippen LogP contribution in [0.25, 0.3) is 10.9 Å². The largest absolute Gasteiger partial charge is 0.462 e. The summed E-state index contributed by atoms with van der Waals surface area (Å²) in [6.45, 7) is 3.87. The van der Waals surface area contributed by atoms with Crippen LogP contribution in [-0.4, -0.2) is 36.9 Å². The highest BCUT2D eigenvalue weighted by molar-refractivity contribution is 6.05. The summed E-state index contributed by atoms with van der Waals surface area (Å²) < 4.78 is 20.6. The first-order valence-electron chi connectivity index (χ1n) is 7.22. The molecule has 0 unspecified atom stereocenters. The quantitative estimate of drug-likeness (QED) is 0.800. The highest BCUT2D eigenvalue weighted by atomic mass is 16.7. The standard InChI is InChI=1S/C16H15NO6/c1-3-20-15(18)10-5-9-6-12-13(23-8-22-12)7-11(9)17-14(10)16(19)21-4-2/h5-7H,3-4,8H2,1-2H3. The maximum absolute atomic E-state index is 12.1. The number of rotatable bonds is 4. The van der Waals surface area contributed by atoms with Gasteiger partial charge in [0.2, 0.25) is 6.79 Å². The lowest BCUT2D eigenvalue weighted by Crippen LogP contribution is -2.16. The van der Waals surface area contributed by atoms with E-state index in [1.807, 2.05) is 0 Å². The number of nitrogens with zero attached hydrogens (tertiary/aromatic N) is 1. The third kappa shape index (κ3) is 2.77. The molecule has 1 aromatic carbocycles. The maximum atomic E-state index is 12.1. The van der Waals surface area contributed by atoms with Crippen LogP contribution in [0.2, 0.25) is 0 Å². The monoisotopic (exact) mass is 317 g/mol. The molecule has 0 fully saturated rings. The summed E-state index contributed by atoms with van der Waals surface area (Å²) in [4.78, 5) is 28.5. The number of hydrogen-bond acceptors (Lipinski definition) is 7. The Morgan fingerprint density at radius 3 is 2.39 bits per heavy atom. The molecule has 120 valence electrons. The van der Waals surface area contributed by atoms with Crippen LogP contribution in [0.3, 0.4) is 0 Å². The Kier molecular flexibility index (Phi) is 4.01. The minimum absolute atomic E-state index is 0.0664. The van der Waals surface area contributed by atoms with Gasteiger partial charge in [0.15, 0.2) is 17.2 Å². The van der Waals surface area contributed by atoms with E-state index in [2.05, 4.69) is 4.98 Å². The number of carbonyl (C=O) groups is 2. The first-order valence-corrected chi connectivity index (χ1v) is 7.22. The lowest BCUT2D eigenvalue weighted by Gasteiger charge is -2.10. The van der Waals surface area contributed by atoms with Crippen LogP contribution in [0.5, 0.6) is 11.5 Å². The second-order valence-electron chi connectivity index (χ2n) is 4.72. The van der Waals surface area contributed by atoms with E-state index in [-0.39, 0.29) is 31.3 Å². The van der Waals surface area contributed by atoms with E-state index in [0.717, 1.165) is 0 Å². The summed E-state index contributed by atoms with van der Waals surface area (Å²) in [5, 5.41) is 0.644. The Morgan fingerprint density at radius 2 is 1.70 bits per heavy atom. The third-order valence-electron chi connectivity index (χ3n) is 3.27. The van der Waals surface area contributed by atoms with Crippen molar-refractivity contribution in [2.45, 2.75) is 13.8 Å². The molecule has 0 spiro atoms. The topological polar surface area (TPSA) is 84.0 Å². The fourth-order valence-electron chi connectivity index (χ4n) is 2.28. The molecule has 0 amide bonds. The van der Waals surface area contributed by atoms with Gasteiger partial charge < -0.3 is 18.9 Å².